The van der Waals surface area contributed by atoms with Crippen LogP contribution in [0.4, 0.5) is 5.82 Å². The summed E-state index contributed by atoms with van der Waals surface area (Å²) >= 11 is 1.63. The molecule has 0 N–H and O–H groups in total. The van der Waals surface area contributed by atoms with E-state index in [1.807, 2.05) is 18.2 Å². The number of rotatable bonds is 6. The molecule has 176 valence electrons. The van der Waals surface area contributed by atoms with Crippen molar-refractivity contribution in [1.29, 1.82) is 0 Å². The first-order valence-electron chi connectivity index (χ1n) is 10.8. The summed E-state index contributed by atoms with van der Waals surface area (Å²) in [5.41, 5.74) is 1.14. The Morgan fingerprint density at radius 1 is 0.882 bits per heavy atom. The fourth-order valence-corrected chi connectivity index (χ4v) is 6.54. The molecule has 0 unspecified atom stereocenters. The second-order valence-electron chi connectivity index (χ2n) is 7.80. The van der Waals surface area contributed by atoms with Crippen LogP contribution in [0.15, 0.2) is 65.8 Å². The van der Waals surface area contributed by atoms with E-state index in [0.29, 0.717) is 37.7 Å². The standard InChI is InChI=1S/C24H24N4O4S2/c1-31-20-9-8-18(14-21(20)32-2)34(29,30)28-12-10-27(11-13-28)23-19-15-22(17-6-4-3-5-7-17)33-24(19)26-16-25-23/h3-9,14-16H,10-13H2,1-2H3. The van der Waals surface area contributed by atoms with Gasteiger partial charge < -0.3 is 14.4 Å². The van der Waals surface area contributed by atoms with E-state index in [9.17, 15) is 8.42 Å². The van der Waals surface area contributed by atoms with E-state index < -0.39 is 10.0 Å². The SMILES string of the molecule is COc1ccc(S(=O)(=O)N2CCN(c3ncnc4sc(-c5ccccc5)cc34)CC2)cc1OC. The van der Waals surface area contributed by atoms with Crippen LogP contribution in [0.2, 0.25) is 0 Å². The maximum atomic E-state index is 13.3. The molecule has 0 bridgehead atoms. The summed E-state index contributed by atoms with van der Waals surface area (Å²) in [6.07, 6.45) is 1.58. The number of anilines is 1. The molecule has 8 nitrogen and oxygen atoms in total. The molecule has 1 aliphatic heterocycles. The fourth-order valence-electron chi connectivity index (χ4n) is 4.11. The van der Waals surface area contributed by atoms with E-state index in [1.54, 1.807) is 29.8 Å². The summed E-state index contributed by atoms with van der Waals surface area (Å²) in [7, 11) is -0.651. The van der Waals surface area contributed by atoms with Crippen molar-refractivity contribution in [3.63, 3.8) is 0 Å². The molecule has 0 atom stereocenters. The van der Waals surface area contributed by atoms with Crippen molar-refractivity contribution in [2.45, 2.75) is 4.90 Å². The summed E-state index contributed by atoms with van der Waals surface area (Å²) in [6, 6.07) is 17.0. The van der Waals surface area contributed by atoms with Crippen LogP contribution in [0.25, 0.3) is 20.7 Å². The lowest BCUT2D eigenvalue weighted by Gasteiger charge is -2.34. The molecule has 0 saturated carbocycles. The van der Waals surface area contributed by atoms with E-state index in [-0.39, 0.29) is 4.90 Å². The van der Waals surface area contributed by atoms with Crippen LogP contribution in [-0.2, 0) is 10.0 Å². The van der Waals surface area contributed by atoms with Gasteiger partial charge in [0.1, 0.15) is 17.0 Å². The predicted molar refractivity (Wildman–Crippen MR) is 133 cm³/mol. The van der Waals surface area contributed by atoms with Gasteiger partial charge in [0.25, 0.3) is 0 Å². The molecule has 3 heterocycles. The summed E-state index contributed by atoms with van der Waals surface area (Å²) in [5.74, 6) is 1.72. The Morgan fingerprint density at radius 2 is 1.62 bits per heavy atom. The van der Waals surface area contributed by atoms with E-state index >= 15 is 0 Å². The van der Waals surface area contributed by atoms with Gasteiger partial charge in [-0.1, -0.05) is 30.3 Å². The van der Waals surface area contributed by atoms with Crippen LogP contribution in [-0.4, -0.2) is 63.1 Å². The average molecular weight is 497 g/mol. The van der Waals surface area contributed by atoms with Gasteiger partial charge >= 0.3 is 0 Å². The monoisotopic (exact) mass is 496 g/mol. The number of hydrogen-bond donors (Lipinski definition) is 0. The van der Waals surface area contributed by atoms with Crippen molar-refractivity contribution in [3.05, 3.63) is 60.9 Å². The van der Waals surface area contributed by atoms with E-state index in [2.05, 4.69) is 33.1 Å². The number of hydrogen-bond acceptors (Lipinski definition) is 8. The predicted octanol–water partition coefficient (Wildman–Crippen LogP) is 3.89. The van der Waals surface area contributed by atoms with Gasteiger partial charge in [0.2, 0.25) is 10.0 Å². The molecule has 1 saturated heterocycles. The van der Waals surface area contributed by atoms with Crippen LogP contribution >= 0.6 is 11.3 Å². The molecule has 0 spiro atoms. The first-order chi connectivity index (χ1) is 16.5. The second kappa shape index (κ2) is 9.21. The highest BCUT2D eigenvalue weighted by molar-refractivity contribution is 7.89. The molecule has 34 heavy (non-hydrogen) atoms. The largest absolute Gasteiger partial charge is 0.493 e. The van der Waals surface area contributed by atoms with Crippen LogP contribution in [0, 0.1) is 0 Å². The van der Waals surface area contributed by atoms with Crippen LogP contribution < -0.4 is 14.4 Å². The number of thiophene rings is 1. The average Bonchev–Trinajstić information content (AvgIpc) is 3.33. The van der Waals surface area contributed by atoms with Crippen molar-refractivity contribution in [2.24, 2.45) is 0 Å². The fraction of sp³-hybridized carbons (Fsp3) is 0.250. The van der Waals surface area contributed by atoms with Crippen LogP contribution in [0.3, 0.4) is 0 Å². The molecule has 0 aliphatic carbocycles. The van der Waals surface area contributed by atoms with E-state index in [1.165, 1.54) is 24.6 Å². The Hall–Kier alpha value is -3.21. The van der Waals surface area contributed by atoms with Gasteiger partial charge in [0.15, 0.2) is 11.5 Å². The van der Waals surface area contributed by atoms with Gasteiger partial charge in [-0.05, 0) is 23.8 Å². The Morgan fingerprint density at radius 3 is 2.32 bits per heavy atom. The highest BCUT2D eigenvalue weighted by Crippen LogP contribution is 2.36. The van der Waals surface area contributed by atoms with E-state index in [0.717, 1.165) is 26.5 Å². The number of ether oxygens (including phenoxy) is 2. The van der Waals surface area contributed by atoms with Gasteiger partial charge in [-0.2, -0.15) is 4.31 Å². The topological polar surface area (TPSA) is 84.9 Å². The molecule has 5 rings (SSSR count). The van der Waals surface area contributed by atoms with Gasteiger partial charge in [0.05, 0.1) is 24.5 Å². The second-order valence-corrected chi connectivity index (χ2v) is 10.8. The molecule has 0 amide bonds. The minimum atomic E-state index is -3.66. The highest BCUT2D eigenvalue weighted by Gasteiger charge is 2.30. The number of nitrogens with zero attached hydrogens (tertiary/aromatic N) is 4. The smallest absolute Gasteiger partial charge is 0.243 e. The zero-order valence-corrected chi connectivity index (χ0v) is 20.5. The van der Waals surface area contributed by atoms with Gasteiger partial charge in [-0.15, -0.1) is 11.3 Å². The Kier molecular flexibility index (Phi) is 6.11. The lowest BCUT2D eigenvalue weighted by molar-refractivity contribution is 0.353. The van der Waals surface area contributed by atoms with Crippen molar-refractivity contribution in [3.8, 4) is 21.9 Å². The first-order valence-corrected chi connectivity index (χ1v) is 13.0. The van der Waals surface area contributed by atoms with Crippen molar-refractivity contribution in [1.82, 2.24) is 14.3 Å². The third kappa shape index (κ3) is 4.08. The molecule has 2 aromatic heterocycles. The quantitative estimate of drug-likeness (QED) is 0.400. The van der Waals surface area contributed by atoms with Crippen molar-refractivity contribution >= 4 is 37.4 Å². The molecular formula is C24H24N4O4S2. The molecule has 4 aromatic rings. The Balaban J connectivity index is 1.37. The number of fused-ring (bicyclic) bond motifs is 1. The lowest BCUT2D eigenvalue weighted by Crippen LogP contribution is -2.49. The normalized spacial score (nSPS) is 14.9. The molecule has 1 fully saturated rings. The van der Waals surface area contributed by atoms with E-state index in [4.69, 9.17) is 9.47 Å². The Labute approximate surface area is 202 Å². The number of aromatic nitrogens is 2. The van der Waals surface area contributed by atoms with Gasteiger partial charge in [0, 0.05) is 37.1 Å². The third-order valence-electron chi connectivity index (χ3n) is 5.90. The summed E-state index contributed by atoms with van der Waals surface area (Å²) in [6.45, 7) is 1.79. The summed E-state index contributed by atoms with van der Waals surface area (Å²) in [4.78, 5) is 13.4. The van der Waals surface area contributed by atoms with Gasteiger partial charge in [-0.25, -0.2) is 18.4 Å². The van der Waals surface area contributed by atoms with Crippen molar-refractivity contribution in [2.75, 3.05) is 45.3 Å². The molecule has 10 heteroatoms. The highest BCUT2D eigenvalue weighted by atomic mass is 32.2. The molecule has 0 radical (unpaired) electrons. The third-order valence-corrected chi connectivity index (χ3v) is 8.88. The minimum absolute atomic E-state index is 0.188. The molecule has 2 aromatic carbocycles. The first kappa shape index (κ1) is 22.6. The lowest BCUT2D eigenvalue weighted by atomic mass is 10.2. The summed E-state index contributed by atoms with van der Waals surface area (Å²) in [5, 5.41) is 0.988. The number of piperazine rings is 1. The number of methoxy groups -OCH3 is 2. The summed E-state index contributed by atoms with van der Waals surface area (Å²) < 4.78 is 38.5. The number of sulfonamides is 1. The number of benzene rings is 2. The maximum Gasteiger partial charge on any atom is 0.243 e. The van der Waals surface area contributed by atoms with Crippen molar-refractivity contribution < 1.29 is 17.9 Å². The zero-order valence-electron chi connectivity index (χ0n) is 18.8. The Bertz CT molecular complexity index is 1420. The maximum absolute atomic E-state index is 13.3. The zero-order chi connectivity index (χ0) is 23.7. The molecular weight excluding hydrogens is 472 g/mol. The van der Waals surface area contributed by atoms with Crippen LogP contribution in [0.5, 0.6) is 11.5 Å². The van der Waals surface area contributed by atoms with Gasteiger partial charge in [-0.3, -0.25) is 0 Å². The molecule has 1 aliphatic rings. The minimum Gasteiger partial charge on any atom is -0.493 e. The van der Waals surface area contributed by atoms with Crippen LogP contribution in [0.1, 0.15) is 0 Å².